The van der Waals surface area contributed by atoms with Gasteiger partial charge in [0.25, 0.3) is 0 Å². The van der Waals surface area contributed by atoms with Gasteiger partial charge in [-0.2, -0.15) is 0 Å². The Balaban J connectivity index is 2.01. The molecule has 2 atom stereocenters. The van der Waals surface area contributed by atoms with E-state index >= 15 is 0 Å². The van der Waals surface area contributed by atoms with Crippen molar-refractivity contribution in [1.29, 1.82) is 0 Å². The number of hydrogen-bond acceptors (Lipinski definition) is 4. The number of nitrogens with zero attached hydrogens (tertiary/aromatic N) is 1. The van der Waals surface area contributed by atoms with Crippen LogP contribution >= 0.6 is 0 Å². The van der Waals surface area contributed by atoms with Crippen LogP contribution in [0.1, 0.15) is 32.6 Å². The van der Waals surface area contributed by atoms with E-state index in [1.807, 2.05) is 6.92 Å². The molecule has 4 heteroatoms. The lowest BCUT2D eigenvalue weighted by Crippen LogP contribution is -2.58. The maximum absolute atomic E-state index is 11.7. The van der Waals surface area contributed by atoms with Gasteiger partial charge in [0.2, 0.25) is 0 Å². The maximum atomic E-state index is 11.7. The van der Waals surface area contributed by atoms with Crippen molar-refractivity contribution in [3.8, 4) is 0 Å². The van der Waals surface area contributed by atoms with E-state index < -0.39 is 5.54 Å². The Kier molecular flexibility index (Phi) is 2.98. The van der Waals surface area contributed by atoms with Crippen molar-refractivity contribution in [1.82, 2.24) is 4.90 Å². The van der Waals surface area contributed by atoms with Gasteiger partial charge in [0.1, 0.15) is 5.54 Å². The fourth-order valence-corrected chi connectivity index (χ4v) is 2.75. The summed E-state index contributed by atoms with van der Waals surface area (Å²) in [6.07, 6.45) is 3.93. The number of carbonyl (C=O) groups is 1. The number of carbonyl (C=O) groups excluding carboxylic acids is 1. The van der Waals surface area contributed by atoms with Crippen LogP contribution in [0.25, 0.3) is 0 Å². The summed E-state index contributed by atoms with van der Waals surface area (Å²) in [5, 5.41) is 0. The van der Waals surface area contributed by atoms with E-state index in [9.17, 15) is 4.79 Å². The molecule has 0 aliphatic carbocycles. The molecular formula is C11H20N2O2. The van der Waals surface area contributed by atoms with E-state index in [4.69, 9.17) is 10.5 Å². The topological polar surface area (TPSA) is 55.6 Å². The third-order valence-electron chi connectivity index (χ3n) is 3.63. The second-order valence-corrected chi connectivity index (χ2v) is 4.66. The molecule has 4 nitrogen and oxygen atoms in total. The van der Waals surface area contributed by atoms with E-state index in [0.29, 0.717) is 12.6 Å². The second kappa shape index (κ2) is 4.10. The largest absolute Gasteiger partial charge is 0.465 e. The average molecular weight is 212 g/mol. The first-order chi connectivity index (χ1) is 7.15. The normalized spacial score (nSPS) is 36.3. The SMILES string of the molecule is CCOC(=O)C1(N)CCN2CCCC2C1. The molecule has 2 fully saturated rings. The van der Waals surface area contributed by atoms with Crippen LogP contribution in [0.5, 0.6) is 0 Å². The minimum atomic E-state index is -0.721. The van der Waals surface area contributed by atoms with Gasteiger partial charge < -0.3 is 15.4 Å². The highest BCUT2D eigenvalue weighted by atomic mass is 16.5. The van der Waals surface area contributed by atoms with Crippen molar-refractivity contribution in [2.24, 2.45) is 5.73 Å². The van der Waals surface area contributed by atoms with Crippen molar-refractivity contribution in [2.45, 2.75) is 44.2 Å². The molecular weight excluding hydrogens is 192 g/mol. The van der Waals surface area contributed by atoms with Gasteiger partial charge in [-0.15, -0.1) is 0 Å². The molecule has 2 aliphatic heterocycles. The first-order valence-electron chi connectivity index (χ1n) is 5.86. The van der Waals surface area contributed by atoms with Crippen LogP contribution in [0, 0.1) is 0 Å². The highest BCUT2D eigenvalue weighted by Crippen LogP contribution is 2.32. The summed E-state index contributed by atoms with van der Waals surface area (Å²) in [6, 6.07) is 0.508. The molecule has 2 saturated heterocycles. The lowest BCUT2D eigenvalue weighted by Gasteiger charge is -2.39. The molecule has 0 spiro atoms. The minimum Gasteiger partial charge on any atom is -0.465 e. The lowest BCUT2D eigenvalue weighted by molar-refractivity contribution is -0.152. The number of esters is 1. The molecule has 15 heavy (non-hydrogen) atoms. The van der Waals surface area contributed by atoms with E-state index in [-0.39, 0.29) is 5.97 Å². The van der Waals surface area contributed by atoms with E-state index in [1.165, 1.54) is 19.4 Å². The summed E-state index contributed by atoms with van der Waals surface area (Å²) >= 11 is 0. The second-order valence-electron chi connectivity index (χ2n) is 4.66. The van der Waals surface area contributed by atoms with E-state index in [2.05, 4.69) is 4.90 Å². The smallest absolute Gasteiger partial charge is 0.326 e. The van der Waals surface area contributed by atoms with Crippen molar-refractivity contribution in [3.05, 3.63) is 0 Å². The number of hydrogen-bond donors (Lipinski definition) is 1. The van der Waals surface area contributed by atoms with E-state index in [0.717, 1.165) is 19.4 Å². The maximum Gasteiger partial charge on any atom is 0.326 e. The molecule has 2 rings (SSSR count). The Labute approximate surface area is 90.8 Å². The molecule has 86 valence electrons. The molecule has 2 heterocycles. The number of fused-ring (bicyclic) bond motifs is 1. The fourth-order valence-electron chi connectivity index (χ4n) is 2.75. The quantitative estimate of drug-likeness (QED) is 0.677. The van der Waals surface area contributed by atoms with Gasteiger partial charge in [0, 0.05) is 12.6 Å². The Hall–Kier alpha value is -0.610. The summed E-state index contributed by atoms with van der Waals surface area (Å²) in [4.78, 5) is 14.2. The predicted molar refractivity (Wildman–Crippen MR) is 57.4 cm³/mol. The molecule has 0 saturated carbocycles. The van der Waals surface area contributed by atoms with E-state index in [1.54, 1.807) is 0 Å². The Morgan fingerprint density at radius 3 is 3.13 bits per heavy atom. The first kappa shape index (κ1) is 10.9. The molecule has 0 aromatic carbocycles. The van der Waals surface area contributed by atoms with Crippen LogP contribution in [-0.4, -0.2) is 42.1 Å². The van der Waals surface area contributed by atoms with Crippen molar-refractivity contribution in [3.63, 3.8) is 0 Å². The molecule has 0 aromatic heterocycles. The molecule has 0 bridgehead atoms. The van der Waals surface area contributed by atoms with Crippen LogP contribution in [-0.2, 0) is 9.53 Å². The van der Waals surface area contributed by atoms with Gasteiger partial charge in [-0.1, -0.05) is 0 Å². The zero-order chi connectivity index (χ0) is 10.9. The number of nitrogens with two attached hydrogens (primary N) is 1. The number of rotatable bonds is 2. The van der Waals surface area contributed by atoms with Crippen LogP contribution in [0.15, 0.2) is 0 Å². The summed E-state index contributed by atoms with van der Waals surface area (Å²) in [5.74, 6) is -0.212. The summed E-state index contributed by atoms with van der Waals surface area (Å²) in [6.45, 7) is 4.36. The molecule has 0 radical (unpaired) electrons. The Morgan fingerprint density at radius 2 is 2.40 bits per heavy atom. The van der Waals surface area contributed by atoms with Crippen molar-refractivity contribution in [2.75, 3.05) is 19.7 Å². The van der Waals surface area contributed by atoms with Gasteiger partial charge in [-0.25, -0.2) is 0 Å². The Morgan fingerprint density at radius 1 is 1.60 bits per heavy atom. The summed E-state index contributed by atoms with van der Waals surface area (Å²) < 4.78 is 5.05. The predicted octanol–water partition coefficient (Wildman–Crippen LogP) is 0.505. The van der Waals surface area contributed by atoms with Crippen molar-refractivity contribution >= 4 is 5.97 Å². The molecule has 2 N–H and O–H groups in total. The number of piperidine rings is 1. The third kappa shape index (κ3) is 2.01. The number of ether oxygens (including phenoxy) is 1. The summed E-state index contributed by atoms with van der Waals surface area (Å²) in [7, 11) is 0. The zero-order valence-electron chi connectivity index (χ0n) is 9.37. The van der Waals surface area contributed by atoms with Gasteiger partial charge in [-0.3, -0.25) is 4.79 Å². The van der Waals surface area contributed by atoms with Gasteiger partial charge in [0.05, 0.1) is 6.61 Å². The van der Waals surface area contributed by atoms with Gasteiger partial charge >= 0.3 is 5.97 Å². The Bertz CT molecular complexity index is 257. The lowest BCUT2D eigenvalue weighted by atomic mass is 9.84. The van der Waals surface area contributed by atoms with Crippen LogP contribution in [0.2, 0.25) is 0 Å². The summed E-state index contributed by atoms with van der Waals surface area (Å²) in [5.41, 5.74) is 5.42. The highest BCUT2D eigenvalue weighted by Gasteiger charge is 2.44. The van der Waals surface area contributed by atoms with Crippen LogP contribution in [0.4, 0.5) is 0 Å². The zero-order valence-corrected chi connectivity index (χ0v) is 9.37. The van der Waals surface area contributed by atoms with Crippen molar-refractivity contribution < 1.29 is 9.53 Å². The minimum absolute atomic E-state index is 0.212. The standard InChI is InChI=1S/C11H20N2O2/c1-2-15-10(14)11(12)5-7-13-6-3-4-9(13)8-11/h9H,2-8,12H2,1H3. The fraction of sp³-hybridized carbons (Fsp3) is 0.909. The first-order valence-corrected chi connectivity index (χ1v) is 5.86. The van der Waals surface area contributed by atoms with Gasteiger partial charge in [0.15, 0.2) is 0 Å². The molecule has 0 amide bonds. The van der Waals surface area contributed by atoms with Crippen LogP contribution in [0.3, 0.4) is 0 Å². The van der Waals surface area contributed by atoms with Crippen LogP contribution < -0.4 is 5.73 Å². The molecule has 0 aromatic rings. The monoisotopic (exact) mass is 212 g/mol. The molecule has 2 unspecified atom stereocenters. The third-order valence-corrected chi connectivity index (χ3v) is 3.63. The molecule has 2 aliphatic rings. The average Bonchev–Trinajstić information content (AvgIpc) is 2.65. The highest BCUT2D eigenvalue weighted by molar-refractivity contribution is 5.80. The van der Waals surface area contributed by atoms with Gasteiger partial charge in [-0.05, 0) is 39.2 Å².